The van der Waals surface area contributed by atoms with Gasteiger partial charge in [0.25, 0.3) is 0 Å². The minimum atomic E-state index is -1.07. The van der Waals surface area contributed by atoms with Crippen LogP contribution in [0.3, 0.4) is 0 Å². The maximum Gasteiger partial charge on any atom is 0.357 e. The van der Waals surface area contributed by atoms with E-state index in [1.165, 1.54) is 34.9 Å². The number of nitro groups is 1. The van der Waals surface area contributed by atoms with Gasteiger partial charge in [-0.05, 0) is 40.6 Å². The van der Waals surface area contributed by atoms with Gasteiger partial charge in [-0.25, -0.2) is 4.79 Å². The molecular weight excluding hydrogens is 470 g/mol. The largest absolute Gasteiger partial charge is 0.493 e. The number of H-pyrrole nitrogens is 2. The fourth-order valence-corrected chi connectivity index (χ4v) is 4.41. The molecule has 0 fully saturated rings. The number of nitrogens with one attached hydrogen (secondary N) is 2. The Kier molecular flexibility index (Phi) is 7.32. The van der Waals surface area contributed by atoms with E-state index < -0.39 is 21.9 Å². The second-order valence-corrected chi connectivity index (χ2v) is 8.48. The van der Waals surface area contributed by atoms with Crippen molar-refractivity contribution in [3.63, 3.8) is 0 Å². The fraction of sp³-hybridized carbons (Fsp3) is 0.120. The molecule has 1 aromatic heterocycles. The number of fused-ring (bicyclic) bond motifs is 1. The van der Waals surface area contributed by atoms with Crippen molar-refractivity contribution >= 4 is 40.4 Å². The third-order valence-corrected chi connectivity index (χ3v) is 6.14. The van der Waals surface area contributed by atoms with Gasteiger partial charge in [-0.2, -0.15) is 0 Å². The lowest BCUT2D eigenvalue weighted by atomic mass is 10.1. The summed E-state index contributed by atoms with van der Waals surface area (Å²) in [6, 6.07) is 19.6. The fourth-order valence-electron chi connectivity index (χ4n) is 3.51. The Bertz CT molecular complexity index is 1520. The van der Waals surface area contributed by atoms with Crippen molar-refractivity contribution in [2.75, 3.05) is 19.5 Å². The molecule has 0 amide bonds. The Labute approximate surface area is 203 Å². The van der Waals surface area contributed by atoms with Crippen LogP contribution in [-0.4, -0.2) is 34.4 Å². The van der Waals surface area contributed by atoms with Gasteiger partial charge in [0.05, 0.1) is 18.6 Å². The van der Waals surface area contributed by atoms with Gasteiger partial charge < -0.3 is 14.5 Å². The molecular formula is C25H21N3O6S. The highest BCUT2D eigenvalue weighted by atomic mass is 32.2. The van der Waals surface area contributed by atoms with Gasteiger partial charge in [0.1, 0.15) is 5.69 Å². The third-order valence-electron chi connectivity index (χ3n) is 5.11. The van der Waals surface area contributed by atoms with E-state index in [0.717, 1.165) is 5.75 Å². The van der Waals surface area contributed by atoms with Crippen molar-refractivity contribution < 1.29 is 14.4 Å². The topological polar surface area (TPSA) is 127 Å². The average molecular weight is 492 g/mol. The number of aromatic nitrogens is 2. The first-order valence-electron chi connectivity index (χ1n) is 10.6. The maximum absolute atomic E-state index is 11.7. The summed E-state index contributed by atoms with van der Waals surface area (Å²) in [6.45, 7) is 0.458. The average Bonchev–Trinajstić information content (AvgIpc) is 2.85. The molecule has 178 valence electrons. The molecule has 0 unspecified atom stereocenters. The zero-order valence-electron chi connectivity index (χ0n) is 18.6. The molecule has 2 N–H and O–H groups in total. The molecule has 10 heteroatoms. The molecule has 0 aliphatic rings. The molecule has 0 aliphatic carbocycles. The molecule has 9 nitrogen and oxygen atoms in total. The molecule has 3 aromatic carbocycles. The summed E-state index contributed by atoms with van der Waals surface area (Å²) in [5, 5.41) is 13.6. The van der Waals surface area contributed by atoms with E-state index in [-0.39, 0.29) is 5.69 Å². The van der Waals surface area contributed by atoms with Crippen LogP contribution >= 0.6 is 11.8 Å². The summed E-state index contributed by atoms with van der Waals surface area (Å²) in [7, 11) is 1.51. The van der Waals surface area contributed by atoms with Crippen LogP contribution < -0.4 is 20.7 Å². The highest BCUT2D eigenvalue weighted by Gasteiger charge is 2.18. The quantitative estimate of drug-likeness (QED) is 0.153. The van der Waals surface area contributed by atoms with Crippen molar-refractivity contribution in [2.24, 2.45) is 0 Å². The Morgan fingerprint density at radius 3 is 2.60 bits per heavy atom. The van der Waals surface area contributed by atoms with Crippen LogP contribution in [0.25, 0.3) is 22.9 Å². The van der Waals surface area contributed by atoms with Gasteiger partial charge >= 0.3 is 16.9 Å². The first-order chi connectivity index (χ1) is 17.0. The van der Waals surface area contributed by atoms with E-state index in [2.05, 4.69) is 29.2 Å². The number of hydrogen-bond acceptors (Lipinski definition) is 7. The number of ether oxygens (including phenoxy) is 2. The van der Waals surface area contributed by atoms with E-state index in [1.54, 1.807) is 30.0 Å². The number of methoxy groups -OCH3 is 1. The first kappa shape index (κ1) is 23.8. The Hall–Kier alpha value is -4.31. The van der Waals surface area contributed by atoms with E-state index in [9.17, 15) is 19.7 Å². The molecule has 0 aliphatic heterocycles. The van der Waals surface area contributed by atoms with Gasteiger partial charge in [0.2, 0.25) is 0 Å². The molecule has 4 aromatic rings. The Morgan fingerprint density at radius 1 is 1.00 bits per heavy atom. The molecule has 0 atom stereocenters. The zero-order valence-corrected chi connectivity index (χ0v) is 19.5. The summed E-state index contributed by atoms with van der Waals surface area (Å²) < 4.78 is 11.3. The SMILES string of the molecule is COc1cc(C=Cc2[nH]c(=O)[nH]c(=O)c2[N+](=O)[O-])ccc1OCCSc1cccc2ccccc12. The third kappa shape index (κ3) is 5.61. The summed E-state index contributed by atoms with van der Waals surface area (Å²) in [4.78, 5) is 38.9. The summed E-state index contributed by atoms with van der Waals surface area (Å²) in [6.07, 6.45) is 2.82. The van der Waals surface area contributed by atoms with Crippen LogP contribution in [0.1, 0.15) is 11.3 Å². The molecule has 0 spiro atoms. The Balaban J connectivity index is 1.44. The smallest absolute Gasteiger partial charge is 0.357 e. The highest BCUT2D eigenvalue weighted by molar-refractivity contribution is 7.99. The lowest BCUT2D eigenvalue weighted by Gasteiger charge is -2.12. The predicted octanol–water partition coefficient (Wildman–Crippen LogP) is 4.47. The van der Waals surface area contributed by atoms with Crippen molar-refractivity contribution in [3.8, 4) is 11.5 Å². The summed E-state index contributed by atoms with van der Waals surface area (Å²) >= 11 is 1.71. The Morgan fingerprint density at radius 2 is 1.80 bits per heavy atom. The molecule has 0 radical (unpaired) electrons. The lowest BCUT2D eigenvalue weighted by molar-refractivity contribution is -0.386. The molecule has 0 saturated heterocycles. The number of hydrogen-bond donors (Lipinski definition) is 2. The van der Waals surface area contributed by atoms with Crippen LogP contribution in [0.2, 0.25) is 0 Å². The van der Waals surface area contributed by atoms with Gasteiger partial charge in [-0.1, -0.05) is 48.5 Å². The minimum absolute atomic E-state index is 0.200. The standard InChI is InChI=1S/C25H21N3O6S/c1-33-21-15-16(9-11-19-23(28(31)32)24(29)27-25(30)26-19)10-12-20(21)34-13-14-35-22-8-4-6-17-5-2-3-7-18(17)22/h2-12,15H,13-14H2,1H3,(H2,26,27,29,30). The molecule has 4 rings (SSSR count). The minimum Gasteiger partial charge on any atom is -0.493 e. The number of aromatic amines is 2. The normalized spacial score (nSPS) is 11.1. The van der Waals surface area contributed by atoms with Gasteiger partial charge in [0.15, 0.2) is 11.5 Å². The molecule has 0 bridgehead atoms. The van der Waals surface area contributed by atoms with Crippen molar-refractivity contribution in [1.82, 2.24) is 9.97 Å². The number of nitrogens with zero attached hydrogens (tertiary/aromatic N) is 1. The molecule has 1 heterocycles. The van der Waals surface area contributed by atoms with E-state index in [0.29, 0.717) is 23.7 Å². The number of rotatable bonds is 9. The van der Waals surface area contributed by atoms with Crippen LogP contribution in [-0.2, 0) is 0 Å². The van der Waals surface area contributed by atoms with Gasteiger partial charge in [0, 0.05) is 10.6 Å². The molecule has 35 heavy (non-hydrogen) atoms. The summed E-state index contributed by atoms with van der Waals surface area (Å²) in [5.74, 6) is 1.77. The van der Waals surface area contributed by atoms with Crippen molar-refractivity contribution in [1.29, 1.82) is 0 Å². The second kappa shape index (κ2) is 10.7. The lowest BCUT2D eigenvalue weighted by Crippen LogP contribution is -2.25. The van der Waals surface area contributed by atoms with E-state index in [1.807, 2.05) is 23.2 Å². The van der Waals surface area contributed by atoms with Crippen LogP contribution in [0.5, 0.6) is 11.5 Å². The van der Waals surface area contributed by atoms with Gasteiger partial charge in [-0.3, -0.25) is 19.9 Å². The highest BCUT2D eigenvalue weighted by Crippen LogP contribution is 2.31. The van der Waals surface area contributed by atoms with Crippen LogP contribution in [0.15, 0.2) is 75.1 Å². The van der Waals surface area contributed by atoms with Gasteiger partial charge in [-0.15, -0.1) is 11.8 Å². The predicted molar refractivity (Wildman–Crippen MR) is 136 cm³/mol. The van der Waals surface area contributed by atoms with Crippen molar-refractivity contribution in [2.45, 2.75) is 4.90 Å². The van der Waals surface area contributed by atoms with Crippen LogP contribution in [0, 0.1) is 10.1 Å². The number of thioether (sulfide) groups is 1. The van der Waals surface area contributed by atoms with Crippen molar-refractivity contribution in [3.05, 3.63) is 103 Å². The van der Waals surface area contributed by atoms with E-state index >= 15 is 0 Å². The maximum atomic E-state index is 11.7. The second-order valence-electron chi connectivity index (χ2n) is 7.35. The molecule has 0 saturated carbocycles. The first-order valence-corrected chi connectivity index (χ1v) is 11.6. The van der Waals surface area contributed by atoms with E-state index in [4.69, 9.17) is 9.47 Å². The van der Waals surface area contributed by atoms with Crippen LogP contribution in [0.4, 0.5) is 5.69 Å². The summed E-state index contributed by atoms with van der Waals surface area (Å²) in [5.41, 5.74) is -2.20. The zero-order chi connectivity index (χ0) is 24.8. The monoisotopic (exact) mass is 491 g/mol. The number of benzene rings is 3.